The molecule has 2 aromatic carbocycles. The van der Waals surface area contributed by atoms with E-state index in [-0.39, 0.29) is 12.6 Å². The minimum absolute atomic E-state index is 0.159. The summed E-state index contributed by atoms with van der Waals surface area (Å²) in [5.74, 6) is -1.52. The molecule has 2 N–H and O–H groups in total. The molecule has 0 radical (unpaired) electrons. The summed E-state index contributed by atoms with van der Waals surface area (Å²) >= 11 is 0. The largest absolute Gasteiger partial charge is 0.481 e. The Labute approximate surface area is 123 Å². The van der Waals surface area contributed by atoms with E-state index in [2.05, 4.69) is 5.32 Å². The van der Waals surface area contributed by atoms with Crippen LogP contribution in [0.3, 0.4) is 0 Å². The van der Waals surface area contributed by atoms with Crippen molar-refractivity contribution in [2.75, 3.05) is 18.9 Å². The molecular formula is C16H18N2O3. The van der Waals surface area contributed by atoms with Crippen LogP contribution in [0.4, 0.5) is 10.5 Å². The van der Waals surface area contributed by atoms with E-state index in [0.717, 1.165) is 10.8 Å². The molecule has 0 aliphatic rings. The van der Waals surface area contributed by atoms with Gasteiger partial charge >= 0.3 is 12.0 Å². The molecule has 0 aliphatic heterocycles. The number of carboxylic acid groups (broad SMARTS) is 1. The van der Waals surface area contributed by atoms with Gasteiger partial charge in [-0.15, -0.1) is 0 Å². The van der Waals surface area contributed by atoms with Gasteiger partial charge < -0.3 is 15.3 Å². The number of hydrogen-bond donors (Lipinski definition) is 2. The number of carbonyl (C=O) groups excluding carboxylic acids is 1. The number of carbonyl (C=O) groups is 2. The first kappa shape index (κ1) is 14.8. The maximum atomic E-state index is 12.1. The van der Waals surface area contributed by atoms with Gasteiger partial charge in [-0.25, -0.2) is 4.79 Å². The van der Waals surface area contributed by atoms with Gasteiger partial charge in [0.1, 0.15) is 0 Å². The number of nitrogens with zero attached hydrogens (tertiary/aromatic N) is 1. The second-order valence-electron chi connectivity index (χ2n) is 5.08. The number of benzene rings is 2. The molecule has 0 spiro atoms. The smallest absolute Gasteiger partial charge is 0.321 e. The highest BCUT2D eigenvalue weighted by Gasteiger charge is 2.17. The predicted octanol–water partition coefficient (Wildman–Crippen LogP) is 3.02. The molecule has 5 nitrogen and oxygen atoms in total. The van der Waals surface area contributed by atoms with Crippen LogP contribution in [0.5, 0.6) is 0 Å². The van der Waals surface area contributed by atoms with Crippen molar-refractivity contribution < 1.29 is 14.7 Å². The first-order chi connectivity index (χ1) is 9.99. The van der Waals surface area contributed by atoms with Crippen LogP contribution < -0.4 is 5.32 Å². The minimum atomic E-state index is -0.917. The Morgan fingerprint density at radius 3 is 2.57 bits per heavy atom. The molecule has 0 aromatic heterocycles. The fourth-order valence-corrected chi connectivity index (χ4v) is 2.12. The lowest BCUT2D eigenvalue weighted by Crippen LogP contribution is -2.36. The minimum Gasteiger partial charge on any atom is -0.481 e. The van der Waals surface area contributed by atoms with Crippen LogP contribution in [0.2, 0.25) is 0 Å². The van der Waals surface area contributed by atoms with E-state index < -0.39 is 11.9 Å². The van der Waals surface area contributed by atoms with Crippen LogP contribution in [0.1, 0.15) is 6.92 Å². The number of aliphatic carboxylic acids is 1. The zero-order valence-corrected chi connectivity index (χ0v) is 12.0. The molecule has 1 unspecified atom stereocenters. The summed E-state index contributed by atoms with van der Waals surface area (Å²) in [7, 11) is 1.58. The monoisotopic (exact) mass is 286 g/mol. The SMILES string of the molecule is CC(CN(C)C(=O)Nc1cccc2ccccc12)C(=O)O. The highest BCUT2D eigenvalue weighted by Crippen LogP contribution is 2.23. The number of fused-ring (bicyclic) bond motifs is 1. The number of amides is 2. The average molecular weight is 286 g/mol. The number of hydrogen-bond acceptors (Lipinski definition) is 2. The van der Waals surface area contributed by atoms with Gasteiger partial charge in [-0.05, 0) is 11.5 Å². The first-order valence-corrected chi connectivity index (χ1v) is 6.71. The highest BCUT2D eigenvalue weighted by atomic mass is 16.4. The van der Waals surface area contributed by atoms with E-state index in [0.29, 0.717) is 5.69 Å². The maximum absolute atomic E-state index is 12.1. The van der Waals surface area contributed by atoms with Crippen molar-refractivity contribution in [2.24, 2.45) is 5.92 Å². The molecule has 0 aliphatic carbocycles. The van der Waals surface area contributed by atoms with E-state index in [1.165, 1.54) is 4.90 Å². The molecule has 5 heteroatoms. The van der Waals surface area contributed by atoms with E-state index in [1.807, 2.05) is 42.5 Å². The Morgan fingerprint density at radius 2 is 1.86 bits per heavy atom. The Kier molecular flexibility index (Phi) is 4.42. The molecule has 2 aromatic rings. The van der Waals surface area contributed by atoms with Crippen molar-refractivity contribution >= 4 is 28.5 Å². The molecule has 21 heavy (non-hydrogen) atoms. The van der Waals surface area contributed by atoms with Crippen molar-refractivity contribution in [1.29, 1.82) is 0 Å². The van der Waals surface area contributed by atoms with Crippen LogP contribution >= 0.6 is 0 Å². The van der Waals surface area contributed by atoms with Crippen molar-refractivity contribution in [1.82, 2.24) is 4.90 Å². The van der Waals surface area contributed by atoms with Crippen molar-refractivity contribution in [3.05, 3.63) is 42.5 Å². The van der Waals surface area contributed by atoms with Gasteiger partial charge in [0.25, 0.3) is 0 Å². The predicted molar refractivity (Wildman–Crippen MR) is 82.4 cm³/mol. The fourth-order valence-electron chi connectivity index (χ4n) is 2.12. The molecular weight excluding hydrogens is 268 g/mol. The Bertz CT molecular complexity index is 664. The topological polar surface area (TPSA) is 69.6 Å². The summed E-state index contributed by atoms with van der Waals surface area (Å²) in [6.45, 7) is 1.73. The summed E-state index contributed by atoms with van der Waals surface area (Å²) in [6, 6.07) is 13.1. The van der Waals surface area contributed by atoms with Crippen LogP contribution in [-0.4, -0.2) is 35.6 Å². The molecule has 0 bridgehead atoms. The molecule has 0 saturated carbocycles. The molecule has 1 atom stereocenters. The number of urea groups is 1. The first-order valence-electron chi connectivity index (χ1n) is 6.71. The van der Waals surface area contributed by atoms with E-state index in [1.54, 1.807) is 14.0 Å². The summed E-state index contributed by atoms with van der Waals surface area (Å²) in [6.07, 6.45) is 0. The van der Waals surface area contributed by atoms with Gasteiger partial charge in [0.15, 0.2) is 0 Å². The van der Waals surface area contributed by atoms with Crippen LogP contribution in [-0.2, 0) is 4.79 Å². The van der Waals surface area contributed by atoms with Crippen LogP contribution in [0.15, 0.2) is 42.5 Å². The maximum Gasteiger partial charge on any atom is 0.321 e. The Balaban J connectivity index is 2.13. The van der Waals surface area contributed by atoms with Crippen molar-refractivity contribution in [2.45, 2.75) is 6.92 Å². The summed E-state index contributed by atoms with van der Waals surface area (Å²) in [5.41, 5.74) is 0.716. The fraction of sp³-hybridized carbons (Fsp3) is 0.250. The third-order valence-corrected chi connectivity index (χ3v) is 3.35. The average Bonchev–Trinajstić information content (AvgIpc) is 2.47. The normalized spacial score (nSPS) is 11.9. The lowest BCUT2D eigenvalue weighted by atomic mass is 10.1. The number of rotatable bonds is 4. The summed E-state index contributed by atoms with van der Waals surface area (Å²) < 4.78 is 0. The third-order valence-electron chi connectivity index (χ3n) is 3.35. The molecule has 0 saturated heterocycles. The summed E-state index contributed by atoms with van der Waals surface area (Å²) in [4.78, 5) is 24.3. The van der Waals surface area contributed by atoms with Gasteiger partial charge in [-0.2, -0.15) is 0 Å². The molecule has 2 amide bonds. The van der Waals surface area contributed by atoms with Gasteiger partial charge in [0, 0.05) is 19.0 Å². The van der Waals surface area contributed by atoms with Crippen molar-refractivity contribution in [3.8, 4) is 0 Å². The second-order valence-corrected chi connectivity index (χ2v) is 5.08. The molecule has 2 rings (SSSR count). The zero-order valence-electron chi connectivity index (χ0n) is 12.0. The Hall–Kier alpha value is -2.56. The standard InChI is InChI=1S/C16H18N2O3/c1-11(15(19)20)10-18(2)16(21)17-14-9-5-7-12-6-3-4-8-13(12)14/h3-9,11H,10H2,1-2H3,(H,17,21)(H,19,20). The second kappa shape index (κ2) is 6.26. The van der Waals surface area contributed by atoms with Crippen molar-refractivity contribution in [3.63, 3.8) is 0 Å². The Morgan fingerprint density at radius 1 is 1.19 bits per heavy atom. The zero-order chi connectivity index (χ0) is 15.4. The lowest BCUT2D eigenvalue weighted by Gasteiger charge is -2.20. The quantitative estimate of drug-likeness (QED) is 0.907. The van der Waals surface area contributed by atoms with Gasteiger partial charge in [-0.1, -0.05) is 43.3 Å². The third kappa shape index (κ3) is 3.51. The van der Waals surface area contributed by atoms with Crippen LogP contribution in [0.25, 0.3) is 10.8 Å². The van der Waals surface area contributed by atoms with Gasteiger partial charge in [0.2, 0.25) is 0 Å². The van der Waals surface area contributed by atoms with Gasteiger partial charge in [0.05, 0.1) is 11.6 Å². The molecule has 0 heterocycles. The van der Waals surface area contributed by atoms with E-state index in [9.17, 15) is 9.59 Å². The van der Waals surface area contributed by atoms with Gasteiger partial charge in [-0.3, -0.25) is 4.79 Å². The summed E-state index contributed by atoms with van der Waals surface area (Å²) in [5, 5.41) is 13.7. The highest BCUT2D eigenvalue weighted by molar-refractivity contribution is 6.01. The lowest BCUT2D eigenvalue weighted by molar-refractivity contribution is -0.141. The molecule has 110 valence electrons. The van der Waals surface area contributed by atoms with E-state index >= 15 is 0 Å². The molecule has 0 fully saturated rings. The van der Waals surface area contributed by atoms with E-state index in [4.69, 9.17) is 5.11 Å². The van der Waals surface area contributed by atoms with Crippen LogP contribution in [0, 0.1) is 5.92 Å². The number of nitrogens with one attached hydrogen (secondary N) is 1. The number of carboxylic acids is 1. The number of anilines is 1.